The number of hydrogen-bond acceptors (Lipinski definition) is 6. The zero-order valence-electron chi connectivity index (χ0n) is 15.6. The number of sulfonamides is 1. The summed E-state index contributed by atoms with van der Waals surface area (Å²) in [5, 5.41) is 3.39. The Balaban J connectivity index is 1.56. The van der Waals surface area contributed by atoms with Gasteiger partial charge in [-0.2, -0.15) is 4.31 Å². The number of thioether (sulfide) groups is 1. The van der Waals surface area contributed by atoms with E-state index in [0.717, 1.165) is 19.3 Å². The van der Waals surface area contributed by atoms with Gasteiger partial charge in [0.2, 0.25) is 15.9 Å². The van der Waals surface area contributed by atoms with Crippen molar-refractivity contribution in [3.05, 3.63) is 42.6 Å². The van der Waals surface area contributed by atoms with E-state index in [1.165, 1.54) is 22.3 Å². The quantitative estimate of drug-likeness (QED) is 0.692. The van der Waals surface area contributed by atoms with Gasteiger partial charge in [0.15, 0.2) is 0 Å². The number of aromatic nitrogens is 1. The SMILES string of the molecule is COc1cccc(NC(=O)CSc2ccc(S(=O)(=O)N3CCCCC3)cn2)c1. The number of piperidine rings is 1. The fraction of sp³-hybridized carbons (Fsp3) is 0.368. The van der Waals surface area contributed by atoms with Gasteiger partial charge in [0.25, 0.3) is 0 Å². The Morgan fingerprint density at radius 3 is 2.68 bits per heavy atom. The van der Waals surface area contributed by atoms with E-state index in [1.54, 1.807) is 43.5 Å². The molecule has 0 saturated carbocycles. The van der Waals surface area contributed by atoms with Gasteiger partial charge in [-0.1, -0.05) is 24.2 Å². The minimum Gasteiger partial charge on any atom is -0.497 e. The highest BCUT2D eigenvalue weighted by atomic mass is 32.2. The Morgan fingerprint density at radius 1 is 1.21 bits per heavy atom. The molecule has 28 heavy (non-hydrogen) atoms. The van der Waals surface area contributed by atoms with Gasteiger partial charge in [0.1, 0.15) is 10.6 Å². The van der Waals surface area contributed by atoms with Crippen LogP contribution < -0.4 is 10.1 Å². The first kappa shape index (κ1) is 20.6. The maximum Gasteiger partial charge on any atom is 0.244 e. The lowest BCUT2D eigenvalue weighted by Crippen LogP contribution is -2.35. The zero-order chi connectivity index (χ0) is 20.0. The lowest BCUT2D eigenvalue weighted by atomic mass is 10.2. The number of anilines is 1. The summed E-state index contributed by atoms with van der Waals surface area (Å²) in [5.74, 6) is 0.658. The zero-order valence-corrected chi connectivity index (χ0v) is 17.3. The van der Waals surface area contributed by atoms with E-state index in [4.69, 9.17) is 4.74 Å². The number of carbonyl (C=O) groups excluding carboxylic acids is 1. The van der Waals surface area contributed by atoms with Crippen LogP contribution in [0.3, 0.4) is 0 Å². The van der Waals surface area contributed by atoms with Crippen LogP contribution in [-0.4, -0.2) is 49.6 Å². The topological polar surface area (TPSA) is 88.6 Å². The Hall–Kier alpha value is -2.10. The molecule has 0 bridgehead atoms. The number of carbonyl (C=O) groups is 1. The molecule has 150 valence electrons. The summed E-state index contributed by atoms with van der Waals surface area (Å²) in [6.07, 6.45) is 4.22. The van der Waals surface area contributed by atoms with E-state index < -0.39 is 10.0 Å². The van der Waals surface area contributed by atoms with E-state index in [-0.39, 0.29) is 16.6 Å². The van der Waals surface area contributed by atoms with Crippen LogP contribution in [0.5, 0.6) is 5.75 Å². The molecule has 1 aliphatic rings. The van der Waals surface area contributed by atoms with Crippen LogP contribution >= 0.6 is 11.8 Å². The van der Waals surface area contributed by atoms with E-state index in [0.29, 0.717) is 29.6 Å². The maximum atomic E-state index is 12.6. The number of nitrogens with zero attached hydrogens (tertiary/aromatic N) is 2. The first-order chi connectivity index (χ1) is 13.5. The minimum absolute atomic E-state index is 0.169. The number of methoxy groups -OCH3 is 1. The Kier molecular flexibility index (Phi) is 6.93. The van der Waals surface area contributed by atoms with Crippen molar-refractivity contribution in [2.24, 2.45) is 0 Å². The van der Waals surface area contributed by atoms with E-state index in [9.17, 15) is 13.2 Å². The first-order valence-electron chi connectivity index (χ1n) is 9.02. The fourth-order valence-electron chi connectivity index (χ4n) is 2.90. The van der Waals surface area contributed by atoms with Crippen molar-refractivity contribution in [2.45, 2.75) is 29.2 Å². The smallest absolute Gasteiger partial charge is 0.244 e. The van der Waals surface area contributed by atoms with Gasteiger partial charge in [0, 0.05) is 31.0 Å². The normalized spacial score (nSPS) is 15.2. The second kappa shape index (κ2) is 9.40. The third-order valence-electron chi connectivity index (χ3n) is 4.37. The molecule has 2 aromatic rings. The molecule has 0 aliphatic carbocycles. The Labute approximate surface area is 169 Å². The van der Waals surface area contributed by atoms with Crippen molar-refractivity contribution in [1.29, 1.82) is 0 Å². The van der Waals surface area contributed by atoms with Crippen LogP contribution in [0.2, 0.25) is 0 Å². The van der Waals surface area contributed by atoms with Crippen molar-refractivity contribution in [1.82, 2.24) is 9.29 Å². The molecule has 0 atom stereocenters. The van der Waals surface area contributed by atoms with Gasteiger partial charge < -0.3 is 10.1 Å². The second-order valence-electron chi connectivity index (χ2n) is 6.37. The monoisotopic (exact) mass is 421 g/mol. The summed E-state index contributed by atoms with van der Waals surface area (Å²) in [4.78, 5) is 16.5. The molecule has 3 rings (SSSR count). The van der Waals surface area contributed by atoms with Crippen LogP contribution in [0, 0.1) is 0 Å². The van der Waals surface area contributed by atoms with Gasteiger partial charge in [-0.05, 0) is 37.1 Å². The molecule has 2 heterocycles. The second-order valence-corrected chi connectivity index (χ2v) is 9.30. The highest BCUT2D eigenvalue weighted by molar-refractivity contribution is 7.99. The molecule has 1 saturated heterocycles. The molecule has 1 fully saturated rings. The average Bonchev–Trinajstić information content (AvgIpc) is 2.73. The standard InChI is InChI=1S/C19H23N3O4S2/c1-26-16-7-5-6-15(12-16)21-18(23)14-27-19-9-8-17(13-20-19)28(24,25)22-10-3-2-4-11-22/h5-9,12-13H,2-4,10-11,14H2,1H3,(H,21,23). The van der Waals surface area contributed by atoms with E-state index in [2.05, 4.69) is 10.3 Å². The van der Waals surface area contributed by atoms with E-state index in [1.807, 2.05) is 0 Å². The van der Waals surface area contributed by atoms with Crippen LogP contribution in [0.1, 0.15) is 19.3 Å². The summed E-state index contributed by atoms with van der Waals surface area (Å²) in [6, 6.07) is 10.3. The van der Waals surface area contributed by atoms with Crippen LogP contribution in [0.25, 0.3) is 0 Å². The number of pyridine rings is 1. The van der Waals surface area contributed by atoms with Gasteiger partial charge >= 0.3 is 0 Å². The van der Waals surface area contributed by atoms with Gasteiger partial charge in [-0.15, -0.1) is 0 Å². The van der Waals surface area contributed by atoms with Gasteiger partial charge in [-0.3, -0.25) is 4.79 Å². The summed E-state index contributed by atoms with van der Waals surface area (Å²) >= 11 is 1.25. The predicted molar refractivity (Wildman–Crippen MR) is 109 cm³/mol. The number of hydrogen-bond donors (Lipinski definition) is 1. The Morgan fingerprint density at radius 2 is 2.00 bits per heavy atom. The lowest BCUT2D eigenvalue weighted by molar-refractivity contribution is -0.113. The highest BCUT2D eigenvalue weighted by Gasteiger charge is 2.26. The number of benzene rings is 1. The molecule has 1 aliphatic heterocycles. The summed E-state index contributed by atoms with van der Waals surface area (Å²) in [5.41, 5.74) is 0.654. The van der Waals surface area contributed by atoms with Crippen molar-refractivity contribution in [2.75, 3.05) is 31.3 Å². The fourth-order valence-corrected chi connectivity index (χ4v) is 5.00. The van der Waals surface area contributed by atoms with Crippen molar-refractivity contribution in [3.63, 3.8) is 0 Å². The third-order valence-corrected chi connectivity index (χ3v) is 7.19. The molecule has 0 spiro atoms. The molecule has 1 aromatic heterocycles. The van der Waals surface area contributed by atoms with Crippen LogP contribution in [0.15, 0.2) is 52.5 Å². The van der Waals surface area contributed by atoms with Crippen molar-refractivity contribution in [3.8, 4) is 5.75 Å². The number of rotatable bonds is 7. The highest BCUT2D eigenvalue weighted by Crippen LogP contribution is 2.23. The summed E-state index contributed by atoms with van der Waals surface area (Å²) in [6.45, 7) is 1.12. The van der Waals surface area contributed by atoms with Crippen molar-refractivity contribution >= 4 is 33.4 Å². The largest absolute Gasteiger partial charge is 0.497 e. The summed E-state index contributed by atoms with van der Waals surface area (Å²) in [7, 11) is -1.92. The Bertz CT molecular complexity index is 911. The molecule has 9 heteroatoms. The maximum absolute atomic E-state index is 12.6. The first-order valence-corrected chi connectivity index (χ1v) is 11.4. The minimum atomic E-state index is -3.49. The van der Waals surface area contributed by atoms with E-state index >= 15 is 0 Å². The van der Waals surface area contributed by atoms with Crippen LogP contribution in [0.4, 0.5) is 5.69 Å². The average molecular weight is 422 g/mol. The molecular weight excluding hydrogens is 398 g/mol. The summed E-state index contributed by atoms with van der Waals surface area (Å²) < 4.78 is 31.9. The predicted octanol–water partition coefficient (Wildman–Crippen LogP) is 3.00. The molecule has 7 nitrogen and oxygen atoms in total. The molecule has 1 amide bonds. The van der Waals surface area contributed by atoms with Gasteiger partial charge in [0.05, 0.1) is 17.9 Å². The molecular formula is C19H23N3O4S2. The molecule has 0 radical (unpaired) electrons. The number of amides is 1. The number of nitrogens with one attached hydrogen (secondary N) is 1. The molecule has 0 unspecified atom stereocenters. The van der Waals surface area contributed by atoms with Crippen molar-refractivity contribution < 1.29 is 17.9 Å². The number of ether oxygens (including phenoxy) is 1. The van der Waals surface area contributed by atoms with Crippen LogP contribution in [-0.2, 0) is 14.8 Å². The molecule has 1 N–H and O–H groups in total. The third kappa shape index (κ3) is 5.24. The lowest BCUT2D eigenvalue weighted by Gasteiger charge is -2.25. The van der Waals surface area contributed by atoms with Gasteiger partial charge in [-0.25, -0.2) is 13.4 Å². The molecule has 1 aromatic carbocycles.